The van der Waals surface area contributed by atoms with Gasteiger partial charge in [0.2, 0.25) is 0 Å². The second kappa shape index (κ2) is 10.9. The van der Waals surface area contributed by atoms with Crippen molar-refractivity contribution in [2.24, 2.45) is 0 Å². The first-order valence-electron chi connectivity index (χ1n) is 13.0. The molecule has 2 aromatic rings. The van der Waals surface area contributed by atoms with E-state index < -0.39 is 12.0 Å². The highest BCUT2D eigenvalue weighted by molar-refractivity contribution is 5.75. The van der Waals surface area contributed by atoms with Crippen molar-refractivity contribution in [2.45, 2.75) is 82.5 Å². The predicted molar refractivity (Wildman–Crippen MR) is 130 cm³/mol. The zero-order valence-corrected chi connectivity index (χ0v) is 20.0. The van der Waals surface area contributed by atoms with Gasteiger partial charge in [-0.2, -0.15) is 0 Å². The smallest absolute Gasteiger partial charge is 0.325 e. The molecule has 1 N–H and O–H groups in total. The molecule has 1 aromatic heterocycles. The van der Waals surface area contributed by atoms with Crippen LogP contribution in [0.15, 0.2) is 36.4 Å². The van der Waals surface area contributed by atoms with Crippen LogP contribution in [0.1, 0.15) is 73.5 Å². The molecule has 1 saturated heterocycles. The van der Waals surface area contributed by atoms with Crippen molar-refractivity contribution in [1.29, 1.82) is 0 Å². The van der Waals surface area contributed by atoms with Crippen molar-refractivity contribution in [2.75, 3.05) is 19.7 Å². The maximum atomic E-state index is 12.1. The van der Waals surface area contributed by atoms with Gasteiger partial charge in [-0.15, -0.1) is 0 Å². The fourth-order valence-electron chi connectivity index (χ4n) is 5.17. The third kappa shape index (κ3) is 5.97. The fourth-order valence-corrected chi connectivity index (χ4v) is 5.17. The number of likely N-dealkylation sites (tertiary alicyclic amines) is 1. The van der Waals surface area contributed by atoms with Crippen LogP contribution in [0.5, 0.6) is 5.75 Å². The first kappa shape index (κ1) is 23.3. The minimum absolute atomic E-state index is 0.0983. The van der Waals surface area contributed by atoms with E-state index in [1.165, 1.54) is 36.2 Å². The number of hydrogen-bond acceptors (Lipinski definition) is 5. The molecule has 0 spiro atoms. The molecule has 1 unspecified atom stereocenters. The summed E-state index contributed by atoms with van der Waals surface area (Å²) in [6.07, 6.45) is 11.4. The van der Waals surface area contributed by atoms with E-state index in [0.29, 0.717) is 19.3 Å². The highest BCUT2D eigenvalue weighted by Gasteiger charge is 2.34. The number of fused-ring (bicyclic) bond motifs is 1. The van der Waals surface area contributed by atoms with Gasteiger partial charge in [-0.3, -0.25) is 14.7 Å². The number of carbonyl (C=O) groups is 1. The van der Waals surface area contributed by atoms with E-state index in [1.54, 1.807) is 0 Å². The van der Waals surface area contributed by atoms with Crippen molar-refractivity contribution in [3.8, 4) is 5.75 Å². The number of aromatic nitrogens is 1. The van der Waals surface area contributed by atoms with Crippen LogP contribution >= 0.6 is 0 Å². The molecule has 6 nitrogen and oxygen atoms in total. The highest BCUT2D eigenvalue weighted by atomic mass is 16.5. The molecule has 34 heavy (non-hydrogen) atoms. The lowest BCUT2D eigenvalue weighted by atomic mass is 9.95. The van der Waals surface area contributed by atoms with Crippen LogP contribution in [-0.2, 0) is 28.8 Å². The number of aryl methyl sites for hydroxylation is 3. The molecule has 0 bridgehead atoms. The van der Waals surface area contributed by atoms with Crippen LogP contribution in [0.4, 0.5) is 0 Å². The number of rotatable bonds is 11. The third-order valence-corrected chi connectivity index (χ3v) is 7.22. The number of hydrogen-bond donors (Lipinski definition) is 1. The van der Waals surface area contributed by atoms with E-state index in [0.717, 1.165) is 62.8 Å². The summed E-state index contributed by atoms with van der Waals surface area (Å²) in [6.45, 7) is 2.11. The first-order valence-corrected chi connectivity index (χ1v) is 13.0. The van der Waals surface area contributed by atoms with Crippen molar-refractivity contribution in [3.63, 3.8) is 0 Å². The van der Waals surface area contributed by atoms with E-state index in [9.17, 15) is 9.90 Å². The Morgan fingerprint density at radius 2 is 1.85 bits per heavy atom. The van der Waals surface area contributed by atoms with E-state index >= 15 is 0 Å². The second-order valence-electron chi connectivity index (χ2n) is 9.98. The number of carboxylic acids is 1. The van der Waals surface area contributed by atoms with Crippen LogP contribution in [-0.4, -0.2) is 52.9 Å². The average molecular weight is 465 g/mol. The standard InChI is InChI=1S/C28H36N2O4/c31-28(32)27(21-9-12-23(13-10-21)34-24-14-15-24)30-17-16-25(19-30)33-18-4-3-6-22-11-8-20-5-1-2-7-26(20)29-22/h8-13,24-25,27H,1-7,14-19H2,(H,31,32)/t25-,27?/m1/s1. The van der Waals surface area contributed by atoms with Gasteiger partial charge in [-0.1, -0.05) is 18.2 Å². The van der Waals surface area contributed by atoms with E-state index in [-0.39, 0.29) is 6.10 Å². The molecular formula is C28H36N2O4. The predicted octanol–water partition coefficient (Wildman–Crippen LogP) is 4.74. The zero-order valence-electron chi connectivity index (χ0n) is 20.0. The Kier molecular flexibility index (Phi) is 7.45. The summed E-state index contributed by atoms with van der Waals surface area (Å²) >= 11 is 0. The highest BCUT2D eigenvalue weighted by Crippen LogP contribution is 2.30. The largest absolute Gasteiger partial charge is 0.490 e. The molecule has 2 fully saturated rings. The Balaban J connectivity index is 1.05. The maximum Gasteiger partial charge on any atom is 0.325 e. The van der Waals surface area contributed by atoms with Gasteiger partial charge in [-0.05, 0) is 93.5 Å². The molecule has 2 aliphatic carbocycles. The van der Waals surface area contributed by atoms with Gasteiger partial charge in [0, 0.05) is 31.1 Å². The molecule has 1 aliphatic heterocycles. The number of aliphatic carboxylic acids is 1. The lowest BCUT2D eigenvalue weighted by Crippen LogP contribution is -2.33. The number of unbranched alkanes of at least 4 members (excludes halogenated alkanes) is 1. The van der Waals surface area contributed by atoms with E-state index in [1.807, 2.05) is 29.2 Å². The van der Waals surface area contributed by atoms with Crippen molar-refractivity contribution < 1.29 is 19.4 Å². The molecular weight excluding hydrogens is 428 g/mol. The monoisotopic (exact) mass is 464 g/mol. The Morgan fingerprint density at radius 1 is 1.03 bits per heavy atom. The van der Waals surface area contributed by atoms with Gasteiger partial charge in [0.25, 0.3) is 0 Å². The third-order valence-electron chi connectivity index (χ3n) is 7.22. The molecule has 2 atom stereocenters. The molecule has 5 rings (SSSR count). The van der Waals surface area contributed by atoms with Crippen LogP contribution in [0.25, 0.3) is 0 Å². The number of nitrogens with zero attached hydrogens (tertiary/aromatic N) is 2. The Labute approximate surface area is 202 Å². The van der Waals surface area contributed by atoms with Gasteiger partial charge in [0.1, 0.15) is 11.8 Å². The van der Waals surface area contributed by atoms with E-state index in [2.05, 4.69) is 12.1 Å². The summed E-state index contributed by atoms with van der Waals surface area (Å²) < 4.78 is 11.9. The van der Waals surface area contributed by atoms with Crippen LogP contribution in [0.2, 0.25) is 0 Å². The minimum Gasteiger partial charge on any atom is -0.490 e. The SMILES string of the molecule is O=C(O)C(c1ccc(OC2CC2)cc1)N1CC[C@@H](OCCCCc2ccc3c(n2)CCCC3)C1. The Morgan fingerprint density at radius 3 is 2.65 bits per heavy atom. The van der Waals surface area contributed by atoms with Gasteiger partial charge in [0.15, 0.2) is 0 Å². The fraction of sp³-hybridized carbons (Fsp3) is 0.571. The van der Waals surface area contributed by atoms with E-state index in [4.69, 9.17) is 14.5 Å². The Bertz CT molecular complexity index is 973. The zero-order chi connectivity index (χ0) is 23.3. The lowest BCUT2D eigenvalue weighted by Gasteiger charge is -2.24. The molecule has 3 aliphatic rings. The summed E-state index contributed by atoms with van der Waals surface area (Å²) in [4.78, 5) is 19.0. The maximum absolute atomic E-state index is 12.1. The lowest BCUT2D eigenvalue weighted by molar-refractivity contribution is -0.143. The number of carboxylic acid groups (broad SMARTS) is 1. The second-order valence-corrected chi connectivity index (χ2v) is 9.98. The van der Waals surface area contributed by atoms with Crippen molar-refractivity contribution in [1.82, 2.24) is 9.88 Å². The van der Waals surface area contributed by atoms with Crippen LogP contribution in [0, 0.1) is 0 Å². The number of benzene rings is 1. The Hall–Kier alpha value is -2.44. The summed E-state index contributed by atoms with van der Waals surface area (Å²) in [7, 11) is 0. The normalized spacial score (nSPS) is 21.2. The van der Waals surface area contributed by atoms with Gasteiger partial charge in [-0.25, -0.2) is 0 Å². The van der Waals surface area contributed by atoms with Gasteiger partial charge >= 0.3 is 5.97 Å². The summed E-state index contributed by atoms with van der Waals surface area (Å²) in [5, 5.41) is 9.91. The number of ether oxygens (including phenoxy) is 2. The summed E-state index contributed by atoms with van der Waals surface area (Å²) in [5.41, 5.74) is 4.75. The molecule has 0 amide bonds. The average Bonchev–Trinajstić information content (AvgIpc) is 3.55. The number of pyridine rings is 1. The summed E-state index contributed by atoms with van der Waals surface area (Å²) in [5.74, 6) is 0.0117. The minimum atomic E-state index is -0.811. The van der Waals surface area contributed by atoms with Gasteiger partial charge < -0.3 is 14.6 Å². The molecule has 1 saturated carbocycles. The topological polar surface area (TPSA) is 71.9 Å². The molecule has 6 heteroatoms. The quantitative estimate of drug-likeness (QED) is 0.484. The molecule has 0 radical (unpaired) electrons. The van der Waals surface area contributed by atoms with Crippen LogP contribution < -0.4 is 4.74 Å². The molecule has 2 heterocycles. The van der Waals surface area contributed by atoms with Crippen LogP contribution in [0.3, 0.4) is 0 Å². The molecule has 182 valence electrons. The first-order chi connectivity index (χ1) is 16.7. The summed E-state index contributed by atoms with van der Waals surface area (Å²) in [6, 6.07) is 11.4. The molecule has 1 aromatic carbocycles. The van der Waals surface area contributed by atoms with Gasteiger partial charge in [0.05, 0.1) is 12.2 Å². The van der Waals surface area contributed by atoms with Crippen molar-refractivity contribution >= 4 is 5.97 Å². The van der Waals surface area contributed by atoms with Crippen molar-refractivity contribution in [3.05, 3.63) is 58.9 Å².